The number of aliphatic hydroxyl groups is 2. The number of hydrogen-bond donors (Lipinski definition) is 11. The first-order valence-corrected chi connectivity index (χ1v) is 13.8. The van der Waals surface area contributed by atoms with E-state index in [-0.39, 0.29) is 5.75 Å². The zero-order valence-corrected chi connectivity index (χ0v) is 24.7. The molecule has 42 heavy (non-hydrogen) atoms. The summed E-state index contributed by atoms with van der Waals surface area (Å²) < 4.78 is 0. The summed E-state index contributed by atoms with van der Waals surface area (Å²) in [7, 11) is 0. The summed E-state index contributed by atoms with van der Waals surface area (Å²) in [5, 5.41) is 30.9. The molecular formula is C24H43N8O9S. The fraction of sp³-hybridized carbons (Fsp3) is 0.708. The second-order valence-corrected chi connectivity index (χ2v) is 10.0. The Morgan fingerprint density at radius 2 is 1.36 bits per heavy atom. The molecule has 0 aliphatic rings. The first-order valence-electron chi connectivity index (χ1n) is 13.2. The molecule has 0 aliphatic heterocycles. The van der Waals surface area contributed by atoms with Crippen LogP contribution in [0.1, 0.15) is 46.5 Å². The van der Waals surface area contributed by atoms with Crippen molar-refractivity contribution < 1.29 is 43.8 Å². The smallest absolute Gasteiger partial charge is 0.245 e. The number of carbonyl (C=O) groups is 6. The second-order valence-electron chi connectivity index (χ2n) is 9.67. The van der Waals surface area contributed by atoms with Crippen LogP contribution in [-0.4, -0.2) is 113 Å². The molecule has 0 fully saturated rings. The topological polar surface area (TPSA) is 298 Å². The minimum absolute atomic E-state index is 0.200. The minimum atomic E-state index is -1.67. The van der Waals surface area contributed by atoms with Crippen molar-refractivity contribution in [3.63, 3.8) is 0 Å². The van der Waals surface area contributed by atoms with Gasteiger partial charge in [-0.2, -0.15) is 12.6 Å². The molecule has 0 aliphatic carbocycles. The Morgan fingerprint density at radius 3 is 1.83 bits per heavy atom. The number of hydrogen-bond acceptors (Lipinski definition) is 12. The van der Waals surface area contributed by atoms with Crippen LogP contribution in [0.15, 0.2) is 0 Å². The summed E-state index contributed by atoms with van der Waals surface area (Å²) in [5.41, 5.74) is 16.5. The van der Waals surface area contributed by atoms with E-state index in [0.717, 1.165) is 6.92 Å². The van der Waals surface area contributed by atoms with Crippen LogP contribution in [0.5, 0.6) is 0 Å². The molecule has 0 aromatic heterocycles. The highest BCUT2D eigenvalue weighted by molar-refractivity contribution is 7.80. The molecule has 0 unspecified atom stereocenters. The Kier molecular flexibility index (Phi) is 18.2. The number of amides is 6. The van der Waals surface area contributed by atoms with Gasteiger partial charge in [-0.25, -0.2) is 0 Å². The third kappa shape index (κ3) is 14.0. The van der Waals surface area contributed by atoms with Crippen molar-refractivity contribution >= 4 is 54.4 Å². The van der Waals surface area contributed by atoms with E-state index in [1.807, 2.05) is 0 Å². The van der Waals surface area contributed by atoms with Crippen molar-refractivity contribution in [2.24, 2.45) is 17.2 Å². The highest BCUT2D eigenvalue weighted by atomic mass is 32.1. The van der Waals surface area contributed by atoms with Crippen molar-refractivity contribution in [1.82, 2.24) is 26.6 Å². The van der Waals surface area contributed by atoms with Gasteiger partial charge < -0.3 is 54.0 Å². The molecule has 1 radical (unpaired) electrons. The number of nitrogens with two attached hydrogens (primary N) is 3. The van der Waals surface area contributed by atoms with Crippen LogP contribution >= 0.6 is 12.6 Å². The van der Waals surface area contributed by atoms with E-state index in [9.17, 15) is 43.8 Å². The molecule has 17 nitrogen and oxygen atoms in total. The van der Waals surface area contributed by atoms with Crippen LogP contribution in [0, 0.1) is 0 Å². The Morgan fingerprint density at radius 1 is 0.786 bits per heavy atom. The number of aliphatic hydroxyl groups excluding tert-OH is 2. The lowest BCUT2D eigenvalue weighted by molar-refractivity contribution is -0.137. The maximum Gasteiger partial charge on any atom is 0.245 e. The van der Waals surface area contributed by atoms with Crippen LogP contribution in [0.2, 0.25) is 0 Å². The molecule has 13 N–H and O–H groups in total. The fourth-order valence-electron chi connectivity index (χ4n) is 3.35. The maximum atomic E-state index is 13.0. The highest BCUT2D eigenvalue weighted by Crippen LogP contribution is 2.03. The molecule has 0 spiro atoms. The summed E-state index contributed by atoms with van der Waals surface area (Å²) in [5.74, 6) is -5.73. The number of rotatable bonds is 20. The molecule has 0 bridgehead atoms. The van der Waals surface area contributed by atoms with Crippen LogP contribution in [0.4, 0.5) is 0 Å². The highest BCUT2D eigenvalue weighted by Gasteiger charge is 2.34. The number of thiol groups is 1. The average Bonchev–Trinajstić information content (AvgIpc) is 2.91. The van der Waals surface area contributed by atoms with E-state index < -0.39 is 90.3 Å². The fourth-order valence-corrected chi connectivity index (χ4v) is 3.61. The largest absolute Gasteiger partial charge is 0.391 e. The molecule has 0 rings (SSSR count). The van der Waals surface area contributed by atoms with Crippen LogP contribution in [0.25, 0.3) is 0 Å². The van der Waals surface area contributed by atoms with Crippen molar-refractivity contribution in [2.45, 2.75) is 94.9 Å². The molecule has 8 atom stereocenters. The third-order valence-electron chi connectivity index (χ3n) is 5.88. The van der Waals surface area contributed by atoms with Gasteiger partial charge in [0.1, 0.15) is 30.2 Å². The molecule has 6 amide bonds. The van der Waals surface area contributed by atoms with Crippen molar-refractivity contribution in [1.29, 1.82) is 0 Å². The predicted molar refractivity (Wildman–Crippen MR) is 153 cm³/mol. The van der Waals surface area contributed by atoms with Gasteiger partial charge in [0, 0.05) is 5.75 Å². The lowest BCUT2D eigenvalue weighted by atomic mass is 10.1. The second kappa shape index (κ2) is 19.7. The molecule has 239 valence electrons. The molecule has 0 saturated carbocycles. The minimum Gasteiger partial charge on any atom is -0.391 e. The number of unbranched alkanes of at least 4 members (excludes halogenated alkanes) is 1. The lowest BCUT2D eigenvalue weighted by Crippen LogP contribution is -2.61. The van der Waals surface area contributed by atoms with Crippen molar-refractivity contribution in [3.05, 3.63) is 0 Å². The van der Waals surface area contributed by atoms with E-state index in [4.69, 9.17) is 17.2 Å². The average molecular weight is 620 g/mol. The van der Waals surface area contributed by atoms with Gasteiger partial charge in [-0.3, -0.25) is 33.6 Å². The maximum absolute atomic E-state index is 13.0. The quantitative estimate of drug-likeness (QED) is 0.0451. The van der Waals surface area contributed by atoms with Gasteiger partial charge in [0.25, 0.3) is 0 Å². The van der Waals surface area contributed by atoms with Crippen LogP contribution in [0.3, 0.4) is 0 Å². The van der Waals surface area contributed by atoms with E-state index in [0.29, 0.717) is 25.8 Å². The van der Waals surface area contributed by atoms with Crippen molar-refractivity contribution in [2.75, 3.05) is 12.3 Å². The summed E-state index contributed by atoms with van der Waals surface area (Å²) in [6.07, 6.45) is -0.494. The van der Waals surface area contributed by atoms with E-state index in [2.05, 4.69) is 39.2 Å². The summed E-state index contributed by atoms with van der Waals surface area (Å²) in [6, 6.07) is -8.13. The first-order chi connectivity index (χ1) is 19.6. The zero-order chi connectivity index (χ0) is 32.6. The molecule has 0 saturated heterocycles. The summed E-state index contributed by atoms with van der Waals surface area (Å²) >= 11 is 4.04. The number of primary amides is 1. The molecule has 18 heteroatoms. The Hall–Kier alpha value is -3.32. The van der Waals surface area contributed by atoms with Gasteiger partial charge in [0.15, 0.2) is 0 Å². The molecule has 0 aromatic carbocycles. The van der Waals surface area contributed by atoms with Crippen LogP contribution in [-0.2, 0) is 33.6 Å². The van der Waals surface area contributed by atoms with Gasteiger partial charge in [-0.1, -0.05) is 6.42 Å². The first kappa shape index (κ1) is 38.7. The standard InChI is InChI=1S/C24H43N8O9S/c1-11(20(37)30-16(9-33)12(2)34)28-24(41)19(13(3)35)32-22(39)15(8-18(27)36)29-23(40)17(10-42)31-21(38)14(26)6-4-5-7-25/h11-17,19,34-35,42H,4-8,10,25-26H2,1-3H3,(H2,27,36)(H,28,41)(H,29,40)(H,30,37)(H,31,38)(H,32,39)/t11-,12+,13+,14-,15-,16+,17-,19-/m0/s1. The van der Waals surface area contributed by atoms with E-state index >= 15 is 0 Å². The molecule has 0 aromatic rings. The monoisotopic (exact) mass is 619 g/mol. The van der Waals surface area contributed by atoms with Gasteiger partial charge in [-0.05, 0) is 40.2 Å². The van der Waals surface area contributed by atoms with Gasteiger partial charge in [0.2, 0.25) is 41.7 Å². The van der Waals surface area contributed by atoms with Crippen molar-refractivity contribution in [3.8, 4) is 0 Å². The zero-order valence-electron chi connectivity index (χ0n) is 23.8. The number of carbonyl (C=O) groups excluding carboxylic acids is 7. The van der Waals surface area contributed by atoms with Gasteiger partial charge in [0.05, 0.1) is 24.7 Å². The molecular weight excluding hydrogens is 576 g/mol. The van der Waals surface area contributed by atoms with Gasteiger partial charge in [-0.15, -0.1) is 0 Å². The molecule has 0 heterocycles. The summed E-state index contributed by atoms with van der Waals surface area (Å²) in [4.78, 5) is 85.8. The third-order valence-corrected chi connectivity index (χ3v) is 6.25. The van der Waals surface area contributed by atoms with E-state index in [1.54, 1.807) is 0 Å². The normalized spacial score (nSPS) is 16.7. The SMILES string of the molecule is C[C@H](NC(=O)[C@@H](NC(=O)[C@H](CC(N)=O)NC(=O)[C@H](CS)NC(=O)[C@@H](N)CCCCN)[C@@H](C)O)C(=O)N[C@H]([C]=O)[C@@H](C)O. The Balaban J connectivity index is 5.51. The van der Waals surface area contributed by atoms with E-state index in [1.165, 1.54) is 20.1 Å². The Labute approximate surface area is 249 Å². The summed E-state index contributed by atoms with van der Waals surface area (Å²) in [6.45, 7) is 4.07. The van der Waals surface area contributed by atoms with Crippen LogP contribution < -0.4 is 43.8 Å². The lowest BCUT2D eigenvalue weighted by Gasteiger charge is -2.27. The number of nitrogens with one attached hydrogen (secondary N) is 5. The van der Waals surface area contributed by atoms with Gasteiger partial charge >= 0.3 is 0 Å². The predicted octanol–water partition coefficient (Wildman–Crippen LogP) is -5.44. The Bertz CT molecular complexity index is 953.